The summed E-state index contributed by atoms with van der Waals surface area (Å²) < 4.78 is 42.7. The minimum atomic E-state index is -3.51. The van der Waals surface area contributed by atoms with Gasteiger partial charge in [0, 0.05) is 0 Å². The third-order valence-corrected chi connectivity index (χ3v) is 6.19. The van der Waals surface area contributed by atoms with Gasteiger partial charge in [0.2, 0.25) is 0 Å². The summed E-state index contributed by atoms with van der Waals surface area (Å²) in [6.07, 6.45) is 1.20. The molecule has 2 rings (SSSR count). The third kappa shape index (κ3) is 2.67. The molecule has 1 aromatic carbocycles. The van der Waals surface area contributed by atoms with E-state index in [2.05, 4.69) is 15.9 Å². The summed E-state index contributed by atoms with van der Waals surface area (Å²) in [5.41, 5.74) is -0.372. The van der Waals surface area contributed by atoms with Crippen LogP contribution in [0.4, 0.5) is 4.39 Å². The van der Waals surface area contributed by atoms with Crippen molar-refractivity contribution in [2.24, 2.45) is 0 Å². The van der Waals surface area contributed by atoms with Gasteiger partial charge in [-0.15, -0.1) is 0 Å². The monoisotopic (exact) mass is 350 g/mol. The Kier molecular flexibility index (Phi) is 3.96. The van der Waals surface area contributed by atoms with Crippen LogP contribution in [0.1, 0.15) is 30.1 Å². The number of carbonyl (C=O) groups is 1. The Hall–Kier alpha value is -0.950. The highest BCUT2D eigenvalue weighted by molar-refractivity contribution is 9.10. The summed E-state index contributed by atoms with van der Waals surface area (Å²) in [5, 5.41) is -0.427. The smallest absolute Gasteiger partial charge is 0.342 e. The standard InChI is InChI=1S/C12H12BrFO4S/c1-2-18-12(15)10-8(14)5-6-9(11(10)13)19(16,17)7-3-4-7/h5-7H,2-4H2,1H3. The van der Waals surface area contributed by atoms with Gasteiger partial charge in [-0.05, 0) is 47.8 Å². The maximum Gasteiger partial charge on any atom is 0.342 e. The van der Waals surface area contributed by atoms with Crippen molar-refractivity contribution in [1.29, 1.82) is 0 Å². The molecule has 0 aliphatic heterocycles. The van der Waals surface area contributed by atoms with Gasteiger partial charge < -0.3 is 4.74 Å². The molecule has 0 spiro atoms. The third-order valence-electron chi connectivity index (χ3n) is 2.80. The normalized spacial score (nSPS) is 15.3. The number of rotatable bonds is 4. The summed E-state index contributed by atoms with van der Waals surface area (Å²) in [4.78, 5) is 11.6. The lowest BCUT2D eigenvalue weighted by Crippen LogP contribution is -2.13. The molecule has 0 bridgehead atoms. The van der Waals surface area contributed by atoms with Gasteiger partial charge in [0.15, 0.2) is 9.84 Å². The van der Waals surface area contributed by atoms with E-state index in [9.17, 15) is 17.6 Å². The van der Waals surface area contributed by atoms with Crippen molar-refractivity contribution < 1.29 is 22.3 Å². The number of halogens is 2. The molecule has 0 aromatic heterocycles. The predicted molar refractivity (Wildman–Crippen MR) is 70.3 cm³/mol. The molecule has 0 radical (unpaired) electrons. The van der Waals surface area contributed by atoms with Gasteiger partial charge in [-0.3, -0.25) is 0 Å². The number of hydrogen-bond donors (Lipinski definition) is 0. The summed E-state index contributed by atoms with van der Waals surface area (Å²) in [6, 6.07) is 2.15. The Bertz CT molecular complexity index is 623. The van der Waals surface area contributed by atoms with Crippen molar-refractivity contribution in [3.05, 3.63) is 28.0 Å². The fourth-order valence-electron chi connectivity index (χ4n) is 1.70. The Morgan fingerprint density at radius 2 is 2.11 bits per heavy atom. The van der Waals surface area contributed by atoms with Crippen LogP contribution in [0, 0.1) is 5.82 Å². The molecule has 1 aromatic rings. The van der Waals surface area contributed by atoms with Crippen LogP contribution in [0.3, 0.4) is 0 Å². The molecule has 0 heterocycles. The van der Waals surface area contributed by atoms with Crippen molar-refractivity contribution in [3.8, 4) is 0 Å². The Morgan fingerprint density at radius 3 is 2.63 bits per heavy atom. The zero-order chi connectivity index (χ0) is 14.2. The van der Waals surface area contributed by atoms with Crippen LogP contribution in [0.2, 0.25) is 0 Å². The first-order chi connectivity index (χ1) is 8.89. The van der Waals surface area contributed by atoms with Crippen molar-refractivity contribution in [2.75, 3.05) is 6.61 Å². The minimum absolute atomic E-state index is 0.0561. The van der Waals surface area contributed by atoms with E-state index in [0.717, 1.165) is 6.07 Å². The first-order valence-electron chi connectivity index (χ1n) is 5.78. The highest BCUT2D eigenvalue weighted by Crippen LogP contribution is 2.38. The Balaban J connectivity index is 2.54. The number of carbonyl (C=O) groups excluding carboxylic acids is 1. The highest BCUT2D eigenvalue weighted by Gasteiger charge is 2.39. The molecule has 104 valence electrons. The maximum atomic E-state index is 13.7. The molecule has 7 heteroatoms. The largest absolute Gasteiger partial charge is 0.462 e. The van der Waals surface area contributed by atoms with Crippen LogP contribution in [0.5, 0.6) is 0 Å². The molecule has 0 amide bonds. The summed E-state index contributed by atoms with van der Waals surface area (Å²) in [5.74, 6) is -1.68. The number of sulfone groups is 1. The van der Waals surface area contributed by atoms with Gasteiger partial charge in [-0.25, -0.2) is 17.6 Å². The summed E-state index contributed by atoms with van der Waals surface area (Å²) >= 11 is 3.01. The van der Waals surface area contributed by atoms with Gasteiger partial charge in [0.1, 0.15) is 11.4 Å². The van der Waals surface area contributed by atoms with E-state index in [4.69, 9.17) is 4.74 Å². The molecule has 4 nitrogen and oxygen atoms in total. The van der Waals surface area contributed by atoms with Gasteiger partial charge in [0.25, 0.3) is 0 Å². The quantitative estimate of drug-likeness (QED) is 0.618. The topological polar surface area (TPSA) is 60.4 Å². The average Bonchev–Trinajstić information content (AvgIpc) is 3.12. The molecular formula is C12H12BrFO4S. The lowest BCUT2D eigenvalue weighted by Gasteiger charge is -2.10. The van der Waals surface area contributed by atoms with Crippen LogP contribution in [0.25, 0.3) is 0 Å². The van der Waals surface area contributed by atoms with Crippen LogP contribution in [-0.2, 0) is 14.6 Å². The molecule has 1 fully saturated rings. The van der Waals surface area contributed by atoms with Gasteiger partial charge in [-0.2, -0.15) is 0 Å². The van der Waals surface area contributed by atoms with Crippen molar-refractivity contribution in [1.82, 2.24) is 0 Å². The second-order valence-corrected chi connectivity index (χ2v) is 7.19. The molecule has 19 heavy (non-hydrogen) atoms. The zero-order valence-electron chi connectivity index (χ0n) is 10.2. The molecule has 1 saturated carbocycles. The number of benzene rings is 1. The molecular weight excluding hydrogens is 339 g/mol. The van der Waals surface area contributed by atoms with E-state index in [1.165, 1.54) is 6.07 Å². The number of ether oxygens (including phenoxy) is 1. The molecule has 0 atom stereocenters. The average molecular weight is 351 g/mol. The Morgan fingerprint density at radius 1 is 1.47 bits per heavy atom. The lowest BCUT2D eigenvalue weighted by atomic mass is 10.2. The van der Waals surface area contributed by atoms with E-state index in [1.54, 1.807) is 6.92 Å². The van der Waals surface area contributed by atoms with E-state index in [1.807, 2.05) is 0 Å². The number of esters is 1. The minimum Gasteiger partial charge on any atom is -0.462 e. The molecule has 0 saturated heterocycles. The van der Waals surface area contributed by atoms with E-state index in [0.29, 0.717) is 12.8 Å². The van der Waals surface area contributed by atoms with Crippen molar-refractivity contribution >= 4 is 31.7 Å². The van der Waals surface area contributed by atoms with Crippen LogP contribution < -0.4 is 0 Å². The summed E-state index contributed by atoms with van der Waals surface area (Å²) in [6.45, 7) is 1.68. The number of hydrogen-bond acceptors (Lipinski definition) is 4. The first-order valence-corrected chi connectivity index (χ1v) is 8.12. The Labute approximate surface area is 119 Å². The molecule has 1 aliphatic carbocycles. The molecule has 1 aliphatic rings. The first kappa shape index (κ1) is 14.5. The fourth-order valence-corrected chi connectivity index (χ4v) is 4.59. The van der Waals surface area contributed by atoms with Crippen LogP contribution >= 0.6 is 15.9 Å². The van der Waals surface area contributed by atoms with E-state index in [-0.39, 0.29) is 21.5 Å². The van der Waals surface area contributed by atoms with Gasteiger partial charge >= 0.3 is 5.97 Å². The lowest BCUT2D eigenvalue weighted by molar-refractivity contribution is 0.0519. The van der Waals surface area contributed by atoms with Gasteiger partial charge in [0.05, 0.1) is 21.2 Å². The van der Waals surface area contributed by atoms with Crippen LogP contribution in [0.15, 0.2) is 21.5 Å². The van der Waals surface area contributed by atoms with Gasteiger partial charge in [-0.1, -0.05) is 0 Å². The van der Waals surface area contributed by atoms with E-state index >= 15 is 0 Å². The van der Waals surface area contributed by atoms with Crippen LogP contribution in [-0.4, -0.2) is 26.2 Å². The second-order valence-electron chi connectivity index (χ2n) is 4.20. The maximum absolute atomic E-state index is 13.7. The zero-order valence-corrected chi connectivity index (χ0v) is 12.6. The molecule has 0 N–H and O–H groups in total. The highest BCUT2D eigenvalue weighted by atomic mass is 79.9. The fraction of sp³-hybridized carbons (Fsp3) is 0.417. The SMILES string of the molecule is CCOC(=O)c1c(F)ccc(S(=O)(=O)C2CC2)c1Br. The summed E-state index contributed by atoms with van der Waals surface area (Å²) in [7, 11) is -3.51. The predicted octanol–water partition coefficient (Wildman–Crippen LogP) is 2.70. The van der Waals surface area contributed by atoms with Crippen molar-refractivity contribution in [3.63, 3.8) is 0 Å². The van der Waals surface area contributed by atoms with Crippen molar-refractivity contribution in [2.45, 2.75) is 29.9 Å². The van der Waals surface area contributed by atoms with E-state index < -0.39 is 26.9 Å². The second kappa shape index (κ2) is 5.20. The molecule has 0 unspecified atom stereocenters.